The zero-order valence-corrected chi connectivity index (χ0v) is 6.63. The number of alkyl halides is 7. The first kappa shape index (κ1) is 13.4. The molecular formula is C3HF7O3S. The Morgan fingerprint density at radius 2 is 1.14 bits per heavy atom. The molecule has 86 valence electrons. The molecule has 0 amide bonds. The highest BCUT2D eigenvalue weighted by atomic mass is 32.2. The molecule has 0 aliphatic carbocycles. The van der Waals surface area contributed by atoms with E-state index >= 15 is 0 Å². The van der Waals surface area contributed by atoms with E-state index in [4.69, 9.17) is 4.55 Å². The fraction of sp³-hybridized carbons (Fsp3) is 1.00. The second kappa shape index (κ2) is 2.95. The summed E-state index contributed by atoms with van der Waals surface area (Å²) in [6.07, 6.45) is -6.79. The molecule has 0 saturated heterocycles. The molecule has 0 saturated carbocycles. The normalized spacial score (nSPS) is 15.7. The van der Waals surface area contributed by atoms with Gasteiger partial charge in [-0.3, -0.25) is 4.55 Å². The predicted molar refractivity (Wildman–Crippen MR) is 27.5 cm³/mol. The van der Waals surface area contributed by atoms with Crippen molar-refractivity contribution >= 4 is 10.1 Å². The maximum atomic E-state index is 11.9. The Balaban J connectivity index is 5.54. The van der Waals surface area contributed by atoms with Crippen LogP contribution < -0.4 is 0 Å². The largest absolute Gasteiger partial charge is 0.461 e. The van der Waals surface area contributed by atoms with E-state index in [1.165, 1.54) is 0 Å². The third-order valence-electron chi connectivity index (χ3n) is 1.05. The smallest absolute Gasteiger partial charge is 0.281 e. The molecule has 0 fully saturated rings. The van der Waals surface area contributed by atoms with Gasteiger partial charge >= 0.3 is 27.5 Å². The van der Waals surface area contributed by atoms with Gasteiger partial charge in [-0.15, -0.1) is 0 Å². The second-order valence-corrected chi connectivity index (χ2v) is 3.53. The van der Waals surface area contributed by atoms with Crippen LogP contribution >= 0.6 is 0 Å². The molecule has 0 aliphatic rings. The summed E-state index contributed by atoms with van der Waals surface area (Å²) in [5.41, 5.74) is 0. The Hall–Kier alpha value is -0.580. The van der Waals surface area contributed by atoms with E-state index < -0.39 is 27.5 Å². The standard InChI is InChI=1S/C3HF7O3S/c4-1(5,2(6,7)8)3(9,10)14(11,12)13/h(H,11,12,13)/i3+1. The monoisotopic (exact) mass is 251 g/mol. The maximum Gasteiger partial charge on any atom is 0.461 e. The molecule has 0 spiro atoms. The summed E-state index contributed by atoms with van der Waals surface area (Å²) in [7, 11) is -6.85. The lowest BCUT2D eigenvalue weighted by Crippen LogP contribution is -2.55. The third-order valence-corrected chi connectivity index (χ3v) is 1.95. The van der Waals surface area contributed by atoms with Crippen molar-refractivity contribution < 1.29 is 43.7 Å². The molecule has 0 radical (unpaired) electrons. The number of halogens is 7. The second-order valence-electron chi connectivity index (χ2n) is 2.06. The van der Waals surface area contributed by atoms with Crippen molar-refractivity contribution in [1.82, 2.24) is 0 Å². The van der Waals surface area contributed by atoms with Crippen molar-refractivity contribution in [2.75, 3.05) is 0 Å². The number of hydrogen-bond acceptors (Lipinski definition) is 2. The van der Waals surface area contributed by atoms with Crippen molar-refractivity contribution in [3.8, 4) is 0 Å². The zero-order valence-electron chi connectivity index (χ0n) is 5.82. The van der Waals surface area contributed by atoms with E-state index in [0.29, 0.717) is 0 Å². The van der Waals surface area contributed by atoms with Gasteiger partial charge in [0.25, 0.3) is 0 Å². The highest BCUT2D eigenvalue weighted by Crippen LogP contribution is 2.48. The minimum Gasteiger partial charge on any atom is -0.281 e. The van der Waals surface area contributed by atoms with Crippen LogP contribution in [0.1, 0.15) is 0 Å². The van der Waals surface area contributed by atoms with Crippen molar-refractivity contribution in [1.29, 1.82) is 0 Å². The Morgan fingerprint density at radius 1 is 0.857 bits per heavy atom. The van der Waals surface area contributed by atoms with Gasteiger partial charge in [-0.25, -0.2) is 0 Å². The minimum atomic E-state index is -6.85. The Labute approximate surface area is 72.3 Å². The van der Waals surface area contributed by atoms with Crippen LogP contribution in [-0.4, -0.2) is 30.3 Å². The van der Waals surface area contributed by atoms with E-state index in [-0.39, 0.29) is 0 Å². The highest BCUT2D eigenvalue weighted by molar-refractivity contribution is 7.87. The molecule has 0 aromatic rings. The summed E-state index contributed by atoms with van der Waals surface area (Å²) < 4.78 is 108. The predicted octanol–water partition coefficient (Wildman–Crippen LogP) is 1.66. The van der Waals surface area contributed by atoms with E-state index in [1.807, 2.05) is 0 Å². The third kappa shape index (κ3) is 1.78. The van der Waals surface area contributed by atoms with Gasteiger partial charge in [-0.05, 0) is 0 Å². The highest BCUT2D eigenvalue weighted by Gasteiger charge is 2.78. The average Bonchev–Trinajstić information content (AvgIpc) is 1.81. The Morgan fingerprint density at radius 3 is 1.21 bits per heavy atom. The topological polar surface area (TPSA) is 54.4 Å². The minimum absolute atomic E-state index is 6.61. The molecule has 0 bridgehead atoms. The van der Waals surface area contributed by atoms with Crippen molar-refractivity contribution in [2.24, 2.45) is 0 Å². The molecular weight excluding hydrogens is 250 g/mol. The molecule has 0 aromatic carbocycles. The lowest BCUT2D eigenvalue weighted by Gasteiger charge is -2.25. The van der Waals surface area contributed by atoms with Crippen LogP contribution in [0.15, 0.2) is 0 Å². The van der Waals surface area contributed by atoms with Crippen LogP contribution in [0.25, 0.3) is 0 Å². The summed E-state index contributed by atoms with van der Waals surface area (Å²) in [6, 6.07) is 0. The Kier molecular flexibility index (Phi) is 2.83. The molecule has 14 heavy (non-hydrogen) atoms. The van der Waals surface area contributed by atoms with Crippen LogP contribution in [0.5, 0.6) is 0 Å². The quantitative estimate of drug-likeness (QED) is 0.461. The van der Waals surface area contributed by atoms with Gasteiger partial charge in [0.1, 0.15) is 0 Å². The summed E-state index contributed by atoms with van der Waals surface area (Å²) in [5.74, 6) is -6.85. The first-order valence-corrected chi connectivity index (χ1v) is 3.98. The van der Waals surface area contributed by atoms with Crippen molar-refractivity contribution in [3.63, 3.8) is 0 Å². The van der Waals surface area contributed by atoms with Gasteiger partial charge in [0.05, 0.1) is 0 Å². The first-order valence-electron chi connectivity index (χ1n) is 2.54. The lowest BCUT2D eigenvalue weighted by molar-refractivity contribution is -0.333. The summed E-state index contributed by atoms with van der Waals surface area (Å²) in [5, 5.41) is -6.61. The number of hydrogen-bond donors (Lipinski definition) is 1. The van der Waals surface area contributed by atoms with Gasteiger partial charge < -0.3 is 0 Å². The summed E-state index contributed by atoms with van der Waals surface area (Å²) in [6.45, 7) is 0. The van der Waals surface area contributed by atoms with E-state index in [1.54, 1.807) is 0 Å². The van der Waals surface area contributed by atoms with Gasteiger partial charge in [0.15, 0.2) is 0 Å². The van der Waals surface area contributed by atoms with E-state index in [0.717, 1.165) is 0 Å². The van der Waals surface area contributed by atoms with Crippen LogP contribution in [0, 0.1) is 0 Å². The van der Waals surface area contributed by atoms with Gasteiger partial charge in [-0.2, -0.15) is 39.2 Å². The molecule has 3 nitrogen and oxygen atoms in total. The molecule has 0 heterocycles. The van der Waals surface area contributed by atoms with Gasteiger partial charge in [-0.1, -0.05) is 0 Å². The molecule has 11 heteroatoms. The molecule has 0 aromatic heterocycles. The lowest BCUT2D eigenvalue weighted by atomic mass is 10.5. The van der Waals surface area contributed by atoms with Crippen molar-refractivity contribution in [3.05, 3.63) is 0 Å². The molecule has 0 atom stereocenters. The average molecular weight is 251 g/mol. The SMILES string of the molecule is O=S(=O)(O)[13C](F)(F)C(F)(F)C(F)(F)F. The first-order chi connectivity index (χ1) is 5.75. The molecule has 0 unspecified atom stereocenters. The molecule has 0 rings (SSSR count). The zero-order chi connectivity index (χ0) is 12.0. The summed E-state index contributed by atoms with van der Waals surface area (Å²) >= 11 is 0. The molecule has 1 N–H and O–H groups in total. The van der Waals surface area contributed by atoms with Crippen LogP contribution in [0.3, 0.4) is 0 Å². The van der Waals surface area contributed by atoms with Gasteiger partial charge in [0, 0.05) is 0 Å². The van der Waals surface area contributed by atoms with Crippen LogP contribution in [0.2, 0.25) is 0 Å². The van der Waals surface area contributed by atoms with E-state index in [9.17, 15) is 39.2 Å². The Bertz CT molecular complexity index is 314. The van der Waals surface area contributed by atoms with Gasteiger partial charge in [0.2, 0.25) is 0 Å². The number of rotatable bonds is 2. The summed E-state index contributed by atoms with van der Waals surface area (Å²) in [4.78, 5) is 0. The van der Waals surface area contributed by atoms with Crippen molar-refractivity contribution in [2.45, 2.75) is 17.4 Å². The maximum absolute atomic E-state index is 11.9. The fourth-order valence-corrected chi connectivity index (χ4v) is 0.767. The van der Waals surface area contributed by atoms with Crippen LogP contribution in [0.4, 0.5) is 30.7 Å². The van der Waals surface area contributed by atoms with Crippen LogP contribution in [-0.2, 0) is 10.1 Å². The van der Waals surface area contributed by atoms with E-state index in [2.05, 4.69) is 0 Å². The molecule has 0 aliphatic heterocycles. The fourth-order valence-electron chi connectivity index (χ4n) is 0.327.